The van der Waals surface area contributed by atoms with Crippen LogP contribution in [0.25, 0.3) is 22.4 Å². The van der Waals surface area contributed by atoms with Gasteiger partial charge in [-0.2, -0.15) is 0 Å². The summed E-state index contributed by atoms with van der Waals surface area (Å²) in [5.74, 6) is 0.603. The Morgan fingerprint density at radius 1 is 0.812 bits per heavy atom. The molecule has 1 aromatic heterocycles. The van der Waals surface area contributed by atoms with Crippen molar-refractivity contribution >= 4 is 28.5 Å². The number of hydrogen-bond acceptors (Lipinski definition) is 2. The number of halogens is 1. The maximum atomic E-state index is 13.1. The Kier molecular flexibility index (Phi) is 5.44. The summed E-state index contributed by atoms with van der Waals surface area (Å²) in [7, 11) is 0. The Balaban J connectivity index is 1.39. The summed E-state index contributed by atoms with van der Waals surface area (Å²) in [6.45, 7) is 0. The molecule has 0 atom stereocenters. The number of carbonyl (C=O) groups excluding carboxylic acids is 1. The van der Waals surface area contributed by atoms with E-state index in [0.29, 0.717) is 10.6 Å². The second kappa shape index (κ2) is 8.69. The van der Waals surface area contributed by atoms with Crippen molar-refractivity contribution in [2.24, 2.45) is 0 Å². The fourth-order valence-corrected chi connectivity index (χ4v) is 3.93. The second-order valence-corrected chi connectivity index (χ2v) is 7.99. The summed E-state index contributed by atoms with van der Waals surface area (Å²) >= 11 is 6.07. The van der Waals surface area contributed by atoms with E-state index in [1.807, 2.05) is 103 Å². The maximum absolute atomic E-state index is 13.1. The van der Waals surface area contributed by atoms with Crippen LogP contribution in [0.1, 0.15) is 27.5 Å². The van der Waals surface area contributed by atoms with Gasteiger partial charge in [-0.05, 0) is 41.5 Å². The van der Waals surface area contributed by atoms with E-state index in [9.17, 15) is 4.79 Å². The molecule has 0 fully saturated rings. The first-order valence-corrected chi connectivity index (χ1v) is 10.7. The molecule has 2 N–H and O–H groups in total. The van der Waals surface area contributed by atoms with Crippen LogP contribution < -0.4 is 5.32 Å². The van der Waals surface area contributed by atoms with Crippen molar-refractivity contribution in [3.8, 4) is 11.4 Å². The van der Waals surface area contributed by atoms with Crippen LogP contribution in [-0.4, -0.2) is 15.9 Å². The molecule has 0 saturated heterocycles. The maximum Gasteiger partial charge on any atom is 0.252 e. The van der Waals surface area contributed by atoms with Gasteiger partial charge in [0.05, 0.1) is 17.1 Å². The van der Waals surface area contributed by atoms with E-state index in [4.69, 9.17) is 11.6 Å². The topological polar surface area (TPSA) is 57.8 Å². The number of benzene rings is 4. The largest absolute Gasteiger partial charge is 0.341 e. The molecule has 0 aliphatic carbocycles. The SMILES string of the molecule is O=C(NC(c1ccccc1)c1ccccc1)c1ccc(-c2nc3ccc(Cl)cc3[nH]2)cc1. The van der Waals surface area contributed by atoms with Crippen LogP contribution in [-0.2, 0) is 0 Å². The Labute approximate surface area is 190 Å². The number of carbonyl (C=O) groups is 1. The zero-order valence-corrected chi connectivity index (χ0v) is 17.9. The molecule has 1 amide bonds. The number of nitrogens with one attached hydrogen (secondary N) is 2. The van der Waals surface area contributed by atoms with Gasteiger partial charge in [0.1, 0.15) is 5.82 Å². The van der Waals surface area contributed by atoms with Gasteiger partial charge in [-0.15, -0.1) is 0 Å². The number of imidazole rings is 1. The molecule has 0 aliphatic rings. The minimum Gasteiger partial charge on any atom is -0.341 e. The fraction of sp³-hybridized carbons (Fsp3) is 0.0370. The molecule has 0 radical (unpaired) electrons. The van der Waals surface area contributed by atoms with E-state index in [-0.39, 0.29) is 11.9 Å². The minimum absolute atomic E-state index is 0.134. The van der Waals surface area contributed by atoms with E-state index in [1.54, 1.807) is 0 Å². The van der Waals surface area contributed by atoms with Gasteiger partial charge in [0.15, 0.2) is 0 Å². The first-order valence-electron chi connectivity index (χ1n) is 10.3. The van der Waals surface area contributed by atoms with Crippen LogP contribution in [0, 0.1) is 0 Å². The Hall–Kier alpha value is -3.89. The van der Waals surface area contributed by atoms with Crippen molar-refractivity contribution in [1.29, 1.82) is 0 Å². The predicted octanol–water partition coefficient (Wildman–Crippen LogP) is 6.40. The Morgan fingerprint density at radius 3 is 2.06 bits per heavy atom. The summed E-state index contributed by atoms with van der Waals surface area (Å²) in [4.78, 5) is 21.0. The van der Waals surface area contributed by atoms with Gasteiger partial charge < -0.3 is 10.3 Å². The third-order valence-electron chi connectivity index (χ3n) is 5.41. The van der Waals surface area contributed by atoms with Gasteiger partial charge in [0.2, 0.25) is 0 Å². The average molecular weight is 438 g/mol. The molecule has 156 valence electrons. The monoisotopic (exact) mass is 437 g/mol. The van der Waals surface area contributed by atoms with E-state index in [0.717, 1.165) is 33.5 Å². The lowest BCUT2D eigenvalue weighted by Gasteiger charge is -2.20. The highest BCUT2D eigenvalue weighted by atomic mass is 35.5. The molecular formula is C27H20ClN3O. The van der Waals surface area contributed by atoms with Crippen molar-refractivity contribution in [3.63, 3.8) is 0 Å². The van der Waals surface area contributed by atoms with Crippen LogP contribution in [0.3, 0.4) is 0 Å². The second-order valence-electron chi connectivity index (χ2n) is 7.55. The van der Waals surface area contributed by atoms with Crippen molar-refractivity contribution in [2.75, 3.05) is 0 Å². The highest BCUT2D eigenvalue weighted by molar-refractivity contribution is 6.31. The van der Waals surface area contributed by atoms with Crippen LogP contribution >= 0.6 is 11.6 Å². The highest BCUT2D eigenvalue weighted by Crippen LogP contribution is 2.25. The van der Waals surface area contributed by atoms with Gasteiger partial charge in [-0.3, -0.25) is 4.79 Å². The lowest BCUT2D eigenvalue weighted by atomic mass is 9.98. The summed E-state index contributed by atoms with van der Waals surface area (Å²) in [5.41, 5.74) is 5.28. The molecule has 0 saturated carbocycles. The quantitative estimate of drug-likeness (QED) is 0.334. The first-order chi connectivity index (χ1) is 15.7. The molecule has 32 heavy (non-hydrogen) atoms. The van der Waals surface area contributed by atoms with E-state index < -0.39 is 0 Å². The summed E-state index contributed by atoms with van der Waals surface area (Å²) in [6, 6.07) is 32.7. The molecule has 1 heterocycles. The smallest absolute Gasteiger partial charge is 0.252 e. The van der Waals surface area contributed by atoms with Crippen LogP contribution in [0.2, 0.25) is 5.02 Å². The van der Waals surface area contributed by atoms with Crippen LogP contribution in [0.5, 0.6) is 0 Å². The van der Waals surface area contributed by atoms with Crippen LogP contribution in [0.15, 0.2) is 103 Å². The Morgan fingerprint density at radius 2 is 1.44 bits per heavy atom. The molecule has 4 nitrogen and oxygen atoms in total. The minimum atomic E-state index is -0.232. The zero-order chi connectivity index (χ0) is 21.9. The third kappa shape index (κ3) is 4.13. The number of nitrogens with zero attached hydrogens (tertiary/aromatic N) is 1. The van der Waals surface area contributed by atoms with Crippen molar-refractivity contribution in [3.05, 3.63) is 125 Å². The number of aromatic nitrogens is 2. The standard InChI is InChI=1S/C27H20ClN3O/c28-22-15-16-23-24(17-22)30-26(29-23)20-11-13-21(14-12-20)27(32)31-25(18-7-3-1-4-8-18)19-9-5-2-6-10-19/h1-17,25H,(H,29,30)(H,31,32). The van der Waals surface area contributed by atoms with E-state index in [2.05, 4.69) is 15.3 Å². The lowest BCUT2D eigenvalue weighted by Crippen LogP contribution is -2.29. The van der Waals surface area contributed by atoms with Gasteiger partial charge in [0, 0.05) is 16.1 Å². The number of H-pyrrole nitrogens is 1. The van der Waals surface area contributed by atoms with Gasteiger partial charge >= 0.3 is 0 Å². The summed E-state index contributed by atoms with van der Waals surface area (Å²) in [5, 5.41) is 3.83. The van der Waals surface area contributed by atoms with Gasteiger partial charge in [-0.1, -0.05) is 84.4 Å². The average Bonchev–Trinajstić information content (AvgIpc) is 3.27. The van der Waals surface area contributed by atoms with E-state index >= 15 is 0 Å². The zero-order valence-electron chi connectivity index (χ0n) is 17.1. The van der Waals surface area contributed by atoms with Crippen molar-refractivity contribution < 1.29 is 4.79 Å². The van der Waals surface area contributed by atoms with Crippen molar-refractivity contribution in [2.45, 2.75) is 6.04 Å². The predicted molar refractivity (Wildman–Crippen MR) is 129 cm³/mol. The number of fused-ring (bicyclic) bond motifs is 1. The lowest BCUT2D eigenvalue weighted by molar-refractivity contribution is 0.0943. The normalized spacial score (nSPS) is 11.1. The first kappa shape index (κ1) is 20.0. The molecule has 0 unspecified atom stereocenters. The van der Waals surface area contributed by atoms with Gasteiger partial charge in [-0.25, -0.2) is 4.98 Å². The third-order valence-corrected chi connectivity index (χ3v) is 5.64. The summed E-state index contributed by atoms with van der Waals surface area (Å²) in [6.07, 6.45) is 0. The highest BCUT2D eigenvalue weighted by Gasteiger charge is 2.18. The van der Waals surface area contributed by atoms with Crippen molar-refractivity contribution in [1.82, 2.24) is 15.3 Å². The molecule has 5 heteroatoms. The molecule has 0 spiro atoms. The molecular weight excluding hydrogens is 418 g/mol. The molecule has 0 bridgehead atoms. The summed E-state index contributed by atoms with van der Waals surface area (Å²) < 4.78 is 0. The molecule has 5 rings (SSSR count). The van der Waals surface area contributed by atoms with E-state index in [1.165, 1.54) is 0 Å². The number of hydrogen-bond donors (Lipinski definition) is 2. The molecule has 4 aromatic carbocycles. The van der Waals surface area contributed by atoms with Gasteiger partial charge in [0.25, 0.3) is 5.91 Å². The Bertz CT molecular complexity index is 1320. The van der Waals surface area contributed by atoms with Crippen LogP contribution in [0.4, 0.5) is 0 Å². The molecule has 5 aromatic rings. The number of amides is 1. The number of rotatable bonds is 5. The number of aromatic amines is 1. The molecule has 0 aliphatic heterocycles. The fourth-order valence-electron chi connectivity index (χ4n) is 3.76.